The van der Waals surface area contributed by atoms with Gasteiger partial charge in [-0.05, 0) is 25.0 Å². The number of amides is 2. The molecule has 0 saturated carbocycles. The van der Waals surface area contributed by atoms with Crippen LogP contribution >= 0.6 is 23.1 Å². The molecule has 1 aliphatic heterocycles. The van der Waals surface area contributed by atoms with Gasteiger partial charge in [0.25, 0.3) is 0 Å². The first-order valence-electron chi connectivity index (χ1n) is 8.13. The molecule has 1 aromatic heterocycles. The maximum Gasteiger partial charge on any atom is 0.237 e. The molecule has 132 valence electrons. The quantitative estimate of drug-likeness (QED) is 0.641. The van der Waals surface area contributed by atoms with Gasteiger partial charge in [0.2, 0.25) is 16.9 Å². The molecule has 2 amide bonds. The molecule has 1 atom stereocenters. The summed E-state index contributed by atoms with van der Waals surface area (Å²) in [5.74, 6) is 0.154. The lowest BCUT2D eigenvalue weighted by atomic mass is 10.1. The highest BCUT2D eigenvalue weighted by Crippen LogP contribution is 2.33. The van der Waals surface area contributed by atoms with Crippen molar-refractivity contribution < 1.29 is 9.59 Å². The number of aromatic nitrogens is 2. The average molecular weight is 377 g/mol. The molecular formula is C17H20N4O2S2. The van der Waals surface area contributed by atoms with E-state index in [1.807, 2.05) is 36.9 Å². The highest BCUT2D eigenvalue weighted by Gasteiger charge is 2.30. The number of benzene rings is 1. The van der Waals surface area contributed by atoms with Gasteiger partial charge in [0.15, 0.2) is 4.34 Å². The van der Waals surface area contributed by atoms with Crippen LogP contribution in [0.3, 0.4) is 0 Å². The number of thioether (sulfide) groups is 1. The van der Waals surface area contributed by atoms with Crippen molar-refractivity contribution in [1.29, 1.82) is 0 Å². The molecule has 0 aliphatic carbocycles. The summed E-state index contributed by atoms with van der Waals surface area (Å²) < 4.78 is 0.674. The monoisotopic (exact) mass is 376 g/mol. The molecule has 0 radical (unpaired) electrons. The number of rotatable bonds is 5. The van der Waals surface area contributed by atoms with Crippen molar-refractivity contribution in [2.45, 2.75) is 37.6 Å². The normalized spacial score (nSPS) is 16.2. The van der Waals surface area contributed by atoms with Crippen LogP contribution in [0.15, 0.2) is 28.6 Å². The number of anilines is 2. The van der Waals surface area contributed by atoms with Gasteiger partial charge in [0.1, 0.15) is 0 Å². The van der Waals surface area contributed by atoms with Crippen LogP contribution in [-0.2, 0) is 16.0 Å². The molecule has 1 aliphatic rings. The Morgan fingerprint density at radius 2 is 2.12 bits per heavy atom. The van der Waals surface area contributed by atoms with Gasteiger partial charge in [-0.3, -0.25) is 9.59 Å². The molecule has 2 aromatic rings. The highest BCUT2D eigenvalue weighted by molar-refractivity contribution is 8.01. The van der Waals surface area contributed by atoms with E-state index < -0.39 is 0 Å². The Bertz CT molecular complexity index is 790. The summed E-state index contributed by atoms with van der Waals surface area (Å²) in [6, 6.07) is 8.19. The van der Waals surface area contributed by atoms with Gasteiger partial charge in [-0.2, -0.15) is 0 Å². The Balaban J connectivity index is 1.60. The Kier molecular flexibility index (Phi) is 5.39. The SMILES string of the molecule is CC(C)C(=O)Nc1nnc(SCC(=O)N2c3ccccc3C[C@@H]2C)s1. The van der Waals surface area contributed by atoms with E-state index in [1.165, 1.54) is 28.7 Å². The number of hydrogen-bond acceptors (Lipinski definition) is 6. The second-order valence-corrected chi connectivity index (χ2v) is 8.45. The minimum Gasteiger partial charge on any atom is -0.308 e. The largest absolute Gasteiger partial charge is 0.308 e. The number of nitrogens with one attached hydrogen (secondary N) is 1. The molecular weight excluding hydrogens is 356 g/mol. The fourth-order valence-electron chi connectivity index (χ4n) is 2.71. The number of para-hydroxylation sites is 1. The number of fused-ring (bicyclic) bond motifs is 1. The van der Waals surface area contributed by atoms with Crippen molar-refractivity contribution in [2.24, 2.45) is 5.92 Å². The van der Waals surface area contributed by atoms with Gasteiger partial charge in [-0.25, -0.2) is 0 Å². The van der Waals surface area contributed by atoms with E-state index in [0.717, 1.165) is 12.1 Å². The topological polar surface area (TPSA) is 75.2 Å². The Hall–Kier alpha value is -1.93. The molecule has 25 heavy (non-hydrogen) atoms. The van der Waals surface area contributed by atoms with E-state index in [-0.39, 0.29) is 23.8 Å². The molecule has 0 unspecified atom stereocenters. The second-order valence-electron chi connectivity index (χ2n) is 6.25. The predicted octanol–water partition coefficient (Wildman–Crippen LogP) is 3.20. The third-order valence-electron chi connectivity index (χ3n) is 3.96. The van der Waals surface area contributed by atoms with Gasteiger partial charge in [-0.1, -0.05) is 55.1 Å². The van der Waals surface area contributed by atoms with E-state index in [0.29, 0.717) is 15.2 Å². The fourth-order valence-corrected chi connectivity index (χ4v) is 4.32. The molecule has 6 nitrogen and oxygen atoms in total. The maximum absolute atomic E-state index is 12.7. The van der Waals surface area contributed by atoms with Crippen LogP contribution in [0.1, 0.15) is 26.3 Å². The van der Waals surface area contributed by atoms with Crippen molar-refractivity contribution in [3.8, 4) is 0 Å². The maximum atomic E-state index is 12.7. The van der Waals surface area contributed by atoms with Gasteiger partial charge in [-0.15, -0.1) is 10.2 Å². The van der Waals surface area contributed by atoms with Crippen LogP contribution in [-0.4, -0.2) is 33.8 Å². The summed E-state index contributed by atoms with van der Waals surface area (Å²) in [5, 5.41) is 11.2. The van der Waals surface area contributed by atoms with Crippen molar-refractivity contribution in [3.63, 3.8) is 0 Å². The zero-order valence-electron chi connectivity index (χ0n) is 14.4. The highest BCUT2D eigenvalue weighted by atomic mass is 32.2. The molecule has 0 saturated heterocycles. The molecule has 3 rings (SSSR count). The molecule has 2 heterocycles. The molecule has 1 aromatic carbocycles. The van der Waals surface area contributed by atoms with Gasteiger partial charge in [0, 0.05) is 17.6 Å². The van der Waals surface area contributed by atoms with E-state index in [4.69, 9.17) is 0 Å². The summed E-state index contributed by atoms with van der Waals surface area (Å²) in [5.41, 5.74) is 2.21. The van der Waals surface area contributed by atoms with E-state index in [2.05, 4.69) is 28.5 Å². The van der Waals surface area contributed by atoms with Crippen molar-refractivity contribution in [1.82, 2.24) is 10.2 Å². The number of nitrogens with zero attached hydrogens (tertiary/aromatic N) is 3. The minimum absolute atomic E-state index is 0.0606. The average Bonchev–Trinajstić information content (AvgIpc) is 3.15. The Morgan fingerprint density at radius 1 is 1.36 bits per heavy atom. The summed E-state index contributed by atoms with van der Waals surface area (Å²) >= 11 is 2.64. The standard InChI is InChI=1S/C17H20N4O2S2/c1-10(2)15(23)18-16-19-20-17(25-16)24-9-14(22)21-11(3)8-12-6-4-5-7-13(12)21/h4-7,10-11H,8-9H2,1-3H3,(H,18,19,23)/t11-/m0/s1. The van der Waals surface area contributed by atoms with Crippen molar-refractivity contribution >= 4 is 45.7 Å². The molecule has 0 fully saturated rings. The van der Waals surface area contributed by atoms with Gasteiger partial charge in [0.05, 0.1) is 5.75 Å². The second kappa shape index (κ2) is 7.53. The molecule has 0 bridgehead atoms. The third-order valence-corrected chi connectivity index (χ3v) is 5.91. The van der Waals surface area contributed by atoms with Gasteiger partial charge >= 0.3 is 0 Å². The van der Waals surface area contributed by atoms with Crippen LogP contribution in [0.5, 0.6) is 0 Å². The predicted molar refractivity (Wildman–Crippen MR) is 101 cm³/mol. The molecule has 8 heteroatoms. The Labute approximate surface area is 155 Å². The summed E-state index contributed by atoms with van der Waals surface area (Å²) in [7, 11) is 0. The first-order valence-corrected chi connectivity index (χ1v) is 9.93. The lowest BCUT2D eigenvalue weighted by Gasteiger charge is -2.22. The minimum atomic E-state index is -0.113. The Morgan fingerprint density at radius 3 is 2.88 bits per heavy atom. The zero-order chi connectivity index (χ0) is 18.0. The van der Waals surface area contributed by atoms with E-state index >= 15 is 0 Å². The van der Waals surface area contributed by atoms with Crippen LogP contribution < -0.4 is 10.2 Å². The van der Waals surface area contributed by atoms with E-state index in [1.54, 1.807) is 0 Å². The fraction of sp³-hybridized carbons (Fsp3) is 0.412. The first kappa shape index (κ1) is 17.9. The molecule has 1 N–H and O–H groups in total. The van der Waals surface area contributed by atoms with Crippen LogP contribution in [0.25, 0.3) is 0 Å². The summed E-state index contributed by atoms with van der Waals surface area (Å²) in [6.07, 6.45) is 0.886. The number of carbonyl (C=O) groups is 2. The van der Waals surface area contributed by atoms with Crippen molar-refractivity contribution in [3.05, 3.63) is 29.8 Å². The lowest BCUT2D eigenvalue weighted by molar-refractivity contribution is -0.119. The van der Waals surface area contributed by atoms with Crippen molar-refractivity contribution in [2.75, 3.05) is 16.0 Å². The smallest absolute Gasteiger partial charge is 0.237 e. The van der Waals surface area contributed by atoms with Gasteiger partial charge < -0.3 is 10.2 Å². The van der Waals surface area contributed by atoms with Crippen LogP contribution in [0.2, 0.25) is 0 Å². The molecule has 0 spiro atoms. The number of hydrogen-bond donors (Lipinski definition) is 1. The lowest BCUT2D eigenvalue weighted by Crippen LogP contribution is -2.36. The summed E-state index contributed by atoms with van der Waals surface area (Å²) in [4.78, 5) is 26.2. The van der Waals surface area contributed by atoms with Crippen LogP contribution in [0.4, 0.5) is 10.8 Å². The number of carbonyl (C=O) groups excluding carboxylic acids is 2. The van der Waals surface area contributed by atoms with Crippen LogP contribution in [0, 0.1) is 5.92 Å². The third kappa shape index (κ3) is 4.01. The summed E-state index contributed by atoms with van der Waals surface area (Å²) in [6.45, 7) is 5.70. The first-order chi connectivity index (χ1) is 12.0. The van der Waals surface area contributed by atoms with E-state index in [9.17, 15) is 9.59 Å². The zero-order valence-corrected chi connectivity index (χ0v) is 16.0.